The van der Waals surface area contributed by atoms with Gasteiger partial charge in [0.25, 0.3) is 0 Å². The van der Waals surface area contributed by atoms with Crippen molar-refractivity contribution in [3.8, 4) is 5.69 Å². The van der Waals surface area contributed by atoms with Crippen LogP contribution >= 0.6 is 12.2 Å². The standard InChI is InChI=1S/C29H31N5O2S2/c1-18-9-10-19(2)26(16-18)33-20(3)17-24(21(33)4)28-27(25-8-6-7-15-30-25)31-29(37)34(28)23-13-11-22(12-14-23)32-38(5,35)36/h6-17,27-28,32H,1-5H3,(H,31,37)/t27-,28-/m1/s1. The minimum atomic E-state index is -3.37. The number of hydrogen-bond donors (Lipinski definition) is 2. The zero-order valence-corrected chi connectivity index (χ0v) is 23.7. The molecule has 1 aliphatic rings. The Hall–Kier alpha value is -3.69. The maximum Gasteiger partial charge on any atom is 0.229 e. The van der Waals surface area contributed by atoms with Crippen molar-refractivity contribution in [1.29, 1.82) is 0 Å². The van der Waals surface area contributed by atoms with Crippen LogP contribution in [-0.4, -0.2) is 29.3 Å². The zero-order valence-electron chi connectivity index (χ0n) is 22.1. The molecule has 0 radical (unpaired) electrons. The van der Waals surface area contributed by atoms with Gasteiger partial charge in [0.05, 0.1) is 24.0 Å². The van der Waals surface area contributed by atoms with Crippen LogP contribution in [0.3, 0.4) is 0 Å². The first-order chi connectivity index (χ1) is 18.0. The van der Waals surface area contributed by atoms with Gasteiger partial charge in [-0.15, -0.1) is 0 Å². The van der Waals surface area contributed by atoms with Gasteiger partial charge in [0.1, 0.15) is 0 Å². The van der Waals surface area contributed by atoms with Crippen molar-refractivity contribution in [2.24, 2.45) is 0 Å². The van der Waals surface area contributed by atoms with Crippen LogP contribution in [0, 0.1) is 27.7 Å². The summed E-state index contributed by atoms with van der Waals surface area (Å²) in [7, 11) is -3.37. The number of anilines is 2. The van der Waals surface area contributed by atoms with Crippen LogP contribution in [0.15, 0.2) is 72.9 Å². The van der Waals surface area contributed by atoms with Crippen molar-refractivity contribution < 1.29 is 8.42 Å². The molecule has 0 aliphatic carbocycles. The van der Waals surface area contributed by atoms with Gasteiger partial charge >= 0.3 is 0 Å². The first kappa shape index (κ1) is 25.9. The highest BCUT2D eigenvalue weighted by Gasteiger charge is 2.42. The van der Waals surface area contributed by atoms with E-state index < -0.39 is 10.0 Å². The molecule has 38 heavy (non-hydrogen) atoms. The van der Waals surface area contributed by atoms with E-state index in [1.54, 1.807) is 18.3 Å². The van der Waals surface area contributed by atoms with Gasteiger partial charge in [-0.25, -0.2) is 8.42 Å². The molecule has 0 spiro atoms. The Morgan fingerprint density at radius 3 is 2.37 bits per heavy atom. The first-order valence-electron chi connectivity index (χ1n) is 12.4. The minimum absolute atomic E-state index is 0.170. The van der Waals surface area contributed by atoms with Crippen molar-refractivity contribution in [3.63, 3.8) is 0 Å². The van der Waals surface area contributed by atoms with E-state index in [0.29, 0.717) is 10.8 Å². The number of nitrogens with one attached hydrogen (secondary N) is 2. The highest BCUT2D eigenvalue weighted by Crippen LogP contribution is 2.44. The highest BCUT2D eigenvalue weighted by molar-refractivity contribution is 7.92. The molecule has 9 heteroatoms. The maximum absolute atomic E-state index is 11.7. The largest absolute Gasteiger partial charge is 0.351 e. The van der Waals surface area contributed by atoms with E-state index >= 15 is 0 Å². The molecule has 2 N–H and O–H groups in total. The summed E-state index contributed by atoms with van der Waals surface area (Å²) < 4.78 is 28.2. The number of hydrogen-bond acceptors (Lipinski definition) is 4. The van der Waals surface area contributed by atoms with Gasteiger partial charge in [-0.3, -0.25) is 9.71 Å². The molecule has 4 aromatic rings. The lowest BCUT2D eigenvalue weighted by atomic mass is 9.96. The SMILES string of the molecule is Cc1ccc(C)c(-n2c(C)cc([C@@H]3[C@@H](c4ccccn4)NC(=S)N3c3ccc(NS(C)(=O)=O)cc3)c2C)c1. The Morgan fingerprint density at radius 1 is 0.974 bits per heavy atom. The molecule has 2 aromatic carbocycles. The summed E-state index contributed by atoms with van der Waals surface area (Å²) >= 11 is 5.88. The van der Waals surface area contributed by atoms with Crippen LogP contribution in [0.25, 0.3) is 5.69 Å². The fourth-order valence-electron chi connectivity index (χ4n) is 5.27. The monoisotopic (exact) mass is 545 g/mol. The summed E-state index contributed by atoms with van der Waals surface area (Å²) in [6, 6.07) is 21.6. The maximum atomic E-state index is 11.7. The van der Waals surface area contributed by atoms with E-state index in [1.807, 2.05) is 30.3 Å². The normalized spacial score (nSPS) is 17.5. The fraction of sp³-hybridized carbons (Fsp3) is 0.241. The summed E-state index contributed by atoms with van der Waals surface area (Å²) in [4.78, 5) is 6.77. The Balaban J connectivity index is 1.65. The van der Waals surface area contributed by atoms with Crippen LogP contribution in [-0.2, 0) is 10.0 Å². The molecule has 2 atom stereocenters. The number of benzene rings is 2. The number of pyridine rings is 1. The van der Waals surface area contributed by atoms with Crippen molar-refractivity contribution >= 4 is 38.7 Å². The predicted octanol–water partition coefficient (Wildman–Crippen LogP) is 5.65. The van der Waals surface area contributed by atoms with Crippen molar-refractivity contribution in [2.45, 2.75) is 39.8 Å². The third-order valence-corrected chi connectivity index (χ3v) is 7.86. The number of rotatable bonds is 6. The molecular formula is C29H31N5O2S2. The van der Waals surface area contributed by atoms with Crippen molar-refractivity contribution in [2.75, 3.05) is 15.9 Å². The van der Waals surface area contributed by atoms with Crippen LogP contribution < -0.4 is 14.9 Å². The summed E-state index contributed by atoms with van der Waals surface area (Å²) in [6.07, 6.45) is 2.93. The summed E-state index contributed by atoms with van der Waals surface area (Å²) in [6.45, 7) is 8.52. The number of nitrogens with zero attached hydrogens (tertiary/aromatic N) is 3. The van der Waals surface area contributed by atoms with Gasteiger partial charge in [-0.1, -0.05) is 18.2 Å². The average Bonchev–Trinajstić information content (AvgIpc) is 3.36. The van der Waals surface area contributed by atoms with E-state index in [4.69, 9.17) is 12.2 Å². The molecule has 2 aromatic heterocycles. The number of aromatic nitrogens is 2. The summed E-state index contributed by atoms with van der Waals surface area (Å²) in [5, 5.41) is 4.10. The fourth-order valence-corrected chi connectivity index (χ4v) is 6.18. The van der Waals surface area contributed by atoms with Crippen LogP contribution in [0.4, 0.5) is 11.4 Å². The molecule has 0 bridgehead atoms. The van der Waals surface area contributed by atoms with Crippen molar-refractivity contribution in [1.82, 2.24) is 14.9 Å². The predicted molar refractivity (Wildman–Crippen MR) is 158 cm³/mol. The Labute approximate surface area is 229 Å². The van der Waals surface area contributed by atoms with Gasteiger partial charge in [0, 0.05) is 34.6 Å². The molecule has 1 aliphatic heterocycles. The quantitative estimate of drug-likeness (QED) is 0.305. The van der Waals surface area contributed by atoms with E-state index in [9.17, 15) is 8.42 Å². The summed E-state index contributed by atoms with van der Waals surface area (Å²) in [5.74, 6) is 0. The average molecular weight is 546 g/mol. The molecule has 196 valence electrons. The summed E-state index contributed by atoms with van der Waals surface area (Å²) in [5.41, 5.74) is 9.25. The third-order valence-electron chi connectivity index (χ3n) is 6.94. The lowest BCUT2D eigenvalue weighted by molar-refractivity contribution is 0.565. The number of thiocarbonyl (C=S) groups is 1. The first-order valence-corrected chi connectivity index (χ1v) is 14.7. The second kappa shape index (κ2) is 9.89. The Morgan fingerprint density at radius 2 is 1.71 bits per heavy atom. The molecule has 7 nitrogen and oxygen atoms in total. The Kier molecular flexibility index (Phi) is 6.75. The molecule has 3 heterocycles. The van der Waals surface area contributed by atoms with Crippen LogP contribution in [0.5, 0.6) is 0 Å². The Bertz CT molecular complexity index is 1610. The van der Waals surface area contributed by atoms with Gasteiger partial charge in [-0.2, -0.15) is 0 Å². The topological polar surface area (TPSA) is 79.3 Å². The van der Waals surface area contributed by atoms with E-state index in [-0.39, 0.29) is 12.1 Å². The van der Waals surface area contributed by atoms with Crippen LogP contribution in [0.2, 0.25) is 0 Å². The molecular weight excluding hydrogens is 514 g/mol. The van der Waals surface area contributed by atoms with Gasteiger partial charge in [0.15, 0.2) is 5.11 Å². The molecule has 0 unspecified atom stereocenters. The third kappa shape index (κ3) is 4.91. The van der Waals surface area contributed by atoms with E-state index in [1.165, 1.54) is 11.1 Å². The van der Waals surface area contributed by atoms with Gasteiger partial charge in [-0.05, 0) is 105 Å². The molecule has 1 saturated heterocycles. The number of sulfonamides is 1. The van der Waals surface area contributed by atoms with Gasteiger partial charge in [0.2, 0.25) is 10.0 Å². The highest BCUT2D eigenvalue weighted by atomic mass is 32.2. The minimum Gasteiger partial charge on any atom is -0.351 e. The van der Waals surface area contributed by atoms with Gasteiger partial charge < -0.3 is 14.8 Å². The lowest BCUT2D eigenvalue weighted by Gasteiger charge is -2.28. The van der Waals surface area contributed by atoms with E-state index in [2.05, 4.69) is 76.5 Å². The molecule has 1 fully saturated rings. The lowest BCUT2D eigenvalue weighted by Crippen LogP contribution is -2.29. The van der Waals surface area contributed by atoms with E-state index in [0.717, 1.165) is 40.3 Å². The molecule has 5 rings (SSSR count). The molecule has 0 saturated carbocycles. The smallest absolute Gasteiger partial charge is 0.229 e. The van der Waals surface area contributed by atoms with Crippen LogP contribution in [0.1, 0.15) is 45.9 Å². The zero-order chi connectivity index (χ0) is 27.2. The number of aryl methyl sites for hydroxylation is 3. The molecule has 0 amide bonds. The second-order valence-electron chi connectivity index (χ2n) is 9.87. The van der Waals surface area contributed by atoms with Crippen molar-refractivity contribution in [3.05, 3.63) is 107 Å². The second-order valence-corrected chi connectivity index (χ2v) is 12.0.